The zero-order chi connectivity index (χ0) is 21.6. The standard InChI is InChI=1S/C23H34N2O4/c1-15-12-18(24-14-15)20(28-6)16(2)21(26)25-19(22(27)29-23(3,4)5)13-17-10-8-7-9-11-17/h7-11,16,18-20,24H,1,12-14H2,2-6H3,(H,25,26)/t16?,18-,19?,20?/m0/s1. The molecule has 0 radical (unpaired) electrons. The molecule has 29 heavy (non-hydrogen) atoms. The van der Waals surface area contributed by atoms with Crippen molar-refractivity contribution in [2.45, 2.75) is 64.3 Å². The van der Waals surface area contributed by atoms with Crippen LogP contribution in [0, 0.1) is 5.92 Å². The Morgan fingerprint density at radius 2 is 1.93 bits per heavy atom. The van der Waals surface area contributed by atoms with Crippen LogP contribution >= 0.6 is 0 Å². The van der Waals surface area contributed by atoms with E-state index in [9.17, 15) is 9.59 Å². The molecule has 4 atom stereocenters. The first-order valence-electron chi connectivity index (χ1n) is 10.1. The summed E-state index contributed by atoms with van der Waals surface area (Å²) in [5, 5.41) is 6.24. The van der Waals surface area contributed by atoms with Gasteiger partial charge in [-0.25, -0.2) is 4.79 Å². The van der Waals surface area contributed by atoms with Crippen LogP contribution in [0.3, 0.4) is 0 Å². The first-order valence-corrected chi connectivity index (χ1v) is 10.1. The smallest absolute Gasteiger partial charge is 0.329 e. The normalized spacial score (nSPS) is 20.0. The van der Waals surface area contributed by atoms with Crippen molar-refractivity contribution in [3.63, 3.8) is 0 Å². The summed E-state index contributed by atoms with van der Waals surface area (Å²) in [5.41, 5.74) is 1.42. The lowest BCUT2D eigenvalue weighted by Gasteiger charge is -2.29. The topological polar surface area (TPSA) is 76.7 Å². The summed E-state index contributed by atoms with van der Waals surface area (Å²) in [6.07, 6.45) is 0.824. The summed E-state index contributed by atoms with van der Waals surface area (Å²) < 4.78 is 11.2. The predicted molar refractivity (Wildman–Crippen MR) is 113 cm³/mol. The maximum atomic E-state index is 13.0. The highest BCUT2D eigenvalue weighted by molar-refractivity contribution is 5.86. The second-order valence-electron chi connectivity index (χ2n) is 8.71. The van der Waals surface area contributed by atoms with Gasteiger partial charge in [0.05, 0.1) is 12.0 Å². The number of hydrogen-bond acceptors (Lipinski definition) is 5. The highest BCUT2D eigenvalue weighted by Gasteiger charge is 2.36. The van der Waals surface area contributed by atoms with Gasteiger partial charge in [0, 0.05) is 26.1 Å². The molecule has 1 heterocycles. The third-order valence-electron chi connectivity index (χ3n) is 4.99. The van der Waals surface area contributed by atoms with Gasteiger partial charge in [-0.2, -0.15) is 0 Å². The molecule has 0 spiro atoms. The molecule has 3 unspecified atom stereocenters. The fourth-order valence-corrected chi connectivity index (χ4v) is 3.55. The number of esters is 1. The minimum atomic E-state index is -0.768. The number of ether oxygens (including phenoxy) is 2. The molecule has 1 aromatic carbocycles. The Hall–Kier alpha value is -2.18. The Kier molecular flexibility index (Phi) is 7.99. The Morgan fingerprint density at radius 1 is 1.28 bits per heavy atom. The minimum Gasteiger partial charge on any atom is -0.458 e. The number of carbonyl (C=O) groups is 2. The van der Waals surface area contributed by atoms with Crippen LogP contribution in [0.2, 0.25) is 0 Å². The third-order valence-corrected chi connectivity index (χ3v) is 4.99. The molecular formula is C23H34N2O4. The number of methoxy groups -OCH3 is 1. The molecule has 160 valence electrons. The first kappa shape index (κ1) is 23.1. The molecule has 2 rings (SSSR count). The van der Waals surface area contributed by atoms with E-state index < -0.39 is 23.5 Å². The van der Waals surface area contributed by atoms with Crippen molar-refractivity contribution in [3.05, 3.63) is 48.0 Å². The summed E-state index contributed by atoms with van der Waals surface area (Å²) in [6, 6.07) is 8.85. The zero-order valence-corrected chi connectivity index (χ0v) is 18.2. The second kappa shape index (κ2) is 10.0. The molecule has 0 aliphatic carbocycles. The van der Waals surface area contributed by atoms with Crippen molar-refractivity contribution < 1.29 is 19.1 Å². The molecule has 0 aromatic heterocycles. The van der Waals surface area contributed by atoms with Crippen LogP contribution in [0.25, 0.3) is 0 Å². The van der Waals surface area contributed by atoms with Crippen molar-refractivity contribution >= 4 is 11.9 Å². The average molecular weight is 403 g/mol. The quantitative estimate of drug-likeness (QED) is 0.516. The number of carbonyl (C=O) groups excluding carboxylic acids is 2. The third kappa shape index (κ3) is 6.98. The monoisotopic (exact) mass is 402 g/mol. The molecule has 1 aliphatic rings. The highest BCUT2D eigenvalue weighted by atomic mass is 16.6. The molecule has 2 N–H and O–H groups in total. The van der Waals surface area contributed by atoms with Crippen LogP contribution in [0.4, 0.5) is 0 Å². The molecule has 1 aliphatic heterocycles. The van der Waals surface area contributed by atoms with Crippen LogP contribution in [0.1, 0.15) is 39.7 Å². The van der Waals surface area contributed by atoms with Crippen LogP contribution in [-0.4, -0.2) is 49.3 Å². The van der Waals surface area contributed by atoms with E-state index in [2.05, 4.69) is 17.2 Å². The highest BCUT2D eigenvalue weighted by Crippen LogP contribution is 2.22. The van der Waals surface area contributed by atoms with Crippen molar-refractivity contribution in [1.82, 2.24) is 10.6 Å². The fraction of sp³-hybridized carbons (Fsp3) is 0.565. The Balaban J connectivity index is 2.11. The summed E-state index contributed by atoms with van der Waals surface area (Å²) in [6.45, 7) is 12.0. The van der Waals surface area contributed by atoms with Gasteiger partial charge in [0.15, 0.2) is 0 Å². The van der Waals surface area contributed by atoms with E-state index >= 15 is 0 Å². The van der Waals surface area contributed by atoms with Gasteiger partial charge in [0.1, 0.15) is 11.6 Å². The van der Waals surface area contributed by atoms with Crippen LogP contribution in [0.5, 0.6) is 0 Å². The number of amides is 1. The van der Waals surface area contributed by atoms with Gasteiger partial charge >= 0.3 is 5.97 Å². The molecule has 0 saturated carbocycles. The van der Waals surface area contributed by atoms with Crippen LogP contribution in [0.15, 0.2) is 42.5 Å². The predicted octanol–water partition coefficient (Wildman–Crippen LogP) is 2.62. The van der Waals surface area contributed by atoms with Gasteiger partial charge < -0.3 is 20.1 Å². The average Bonchev–Trinajstić information content (AvgIpc) is 3.07. The lowest BCUT2D eigenvalue weighted by molar-refractivity contribution is -0.159. The minimum absolute atomic E-state index is 0.0300. The van der Waals surface area contributed by atoms with Crippen molar-refractivity contribution in [2.24, 2.45) is 5.92 Å². The van der Waals surface area contributed by atoms with Gasteiger partial charge in [-0.1, -0.05) is 49.4 Å². The van der Waals surface area contributed by atoms with Crippen LogP contribution < -0.4 is 10.6 Å². The molecule has 6 heteroatoms. The molecule has 1 fully saturated rings. The van der Waals surface area contributed by atoms with E-state index in [1.54, 1.807) is 7.11 Å². The number of hydrogen-bond donors (Lipinski definition) is 2. The molecular weight excluding hydrogens is 368 g/mol. The van der Waals surface area contributed by atoms with Gasteiger partial charge in [-0.05, 0) is 32.8 Å². The van der Waals surface area contributed by atoms with E-state index in [0.717, 1.165) is 24.1 Å². The summed E-state index contributed by atoms with van der Waals surface area (Å²) >= 11 is 0. The van der Waals surface area contributed by atoms with Crippen LogP contribution in [-0.2, 0) is 25.5 Å². The Labute approximate surface area is 174 Å². The number of rotatable bonds is 8. The Morgan fingerprint density at radius 3 is 2.45 bits per heavy atom. The van der Waals surface area contributed by atoms with Crippen molar-refractivity contribution in [2.75, 3.05) is 13.7 Å². The summed E-state index contributed by atoms with van der Waals surface area (Å²) in [7, 11) is 1.60. The molecule has 6 nitrogen and oxygen atoms in total. The van der Waals surface area contributed by atoms with Gasteiger partial charge in [-0.3, -0.25) is 4.79 Å². The lowest BCUT2D eigenvalue weighted by atomic mass is 9.94. The second-order valence-corrected chi connectivity index (χ2v) is 8.71. The molecule has 1 saturated heterocycles. The largest absolute Gasteiger partial charge is 0.458 e. The van der Waals surface area contributed by atoms with Gasteiger partial charge in [0.2, 0.25) is 5.91 Å². The zero-order valence-electron chi connectivity index (χ0n) is 18.2. The maximum Gasteiger partial charge on any atom is 0.329 e. The van der Waals surface area contributed by atoms with Gasteiger partial charge in [0.25, 0.3) is 0 Å². The maximum absolute atomic E-state index is 13.0. The molecule has 0 bridgehead atoms. The van der Waals surface area contributed by atoms with Crippen molar-refractivity contribution in [1.29, 1.82) is 0 Å². The molecule has 1 amide bonds. The SMILES string of the molecule is C=C1CN[C@H](C(OC)C(C)C(=O)NC(Cc2ccccc2)C(=O)OC(C)(C)C)C1. The molecule has 1 aromatic rings. The van der Waals surface area contributed by atoms with E-state index in [0.29, 0.717) is 6.42 Å². The Bertz CT molecular complexity index is 711. The first-order chi connectivity index (χ1) is 13.6. The fourth-order valence-electron chi connectivity index (χ4n) is 3.55. The lowest BCUT2D eigenvalue weighted by Crippen LogP contribution is -2.51. The van der Waals surface area contributed by atoms with E-state index in [1.807, 2.05) is 58.0 Å². The number of nitrogens with one attached hydrogen (secondary N) is 2. The van der Waals surface area contributed by atoms with Crippen molar-refractivity contribution in [3.8, 4) is 0 Å². The number of benzene rings is 1. The summed E-state index contributed by atoms with van der Waals surface area (Å²) in [5.74, 6) is -1.12. The van der Waals surface area contributed by atoms with E-state index in [-0.39, 0.29) is 18.1 Å². The summed E-state index contributed by atoms with van der Waals surface area (Å²) in [4.78, 5) is 25.8. The van der Waals surface area contributed by atoms with E-state index in [4.69, 9.17) is 9.47 Å². The van der Waals surface area contributed by atoms with E-state index in [1.165, 1.54) is 0 Å². The van der Waals surface area contributed by atoms with Gasteiger partial charge in [-0.15, -0.1) is 0 Å².